The number of hydrogen-bond donors (Lipinski definition) is 0. The van der Waals surface area contributed by atoms with Crippen LogP contribution >= 0.6 is 11.8 Å². The summed E-state index contributed by atoms with van der Waals surface area (Å²) < 4.78 is 259. The van der Waals surface area contributed by atoms with E-state index in [4.69, 9.17) is 30.8 Å². The number of hydrogen-bond acceptors (Lipinski definition) is 5. The summed E-state index contributed by atoms with van der Waals surface area (Å²) in [5.41, 5.74) is -13.0. The lowest BCUT2D eigenvalue weighted by Crippen LogP contribution is -2.48. The van der Waals surface area contributed by atoms with E-state index in [1.807, 2.05) is 0 Å². The average Bonchev–Trinajstić information content (AvgIpc) is 3.31. The molecule has 0 atom stereocenters. The zero-order valence-electron chi connectivity index (χ0n) is 48.7. The average molecular weight is 771 g/mol. The summed E-state index contributed by atoms with van der Waals surface area (Å²) in [6, 6.07) is -20.3. The summed E-state index contributed by atoms with van der Waals surface area (Å²) in [6.07, 6.45) is -5.98. The van der Waals surface area contributed by atoms with E-state index in [2.05, 4.69) is 0 Å². The largest absolute Gasteiger partial charge is 0.416 e. The number of aromatic nitrogens is 1. The Labute approximate surface area is 338 Å². The summed E-state index contributed by atoms with van der Waals surface area (Å²) >= 11 is -0.493. The van der Waals surface area contributed by atoms with Crippen LogP contribution in [0.25, 0.3) is 22.0 Å². The Hall–Kier alpha value is -4.52. The van der Waals surface area contributed by atoms with Crippen LogP contribution in [0.3, 0.4) is 0 Å². The van der Waals surface area contributed by atoms with Crippen LogP contribution in [0.2, 0.25) is 0 Å². The van der Waals surface area contributed by atoms with E-state index in [0.29, 0.717) is 4.90 Å². The monoisotopic (exact) mass is 770 g/mol. The van der Waals surface area contributed by atoms with Gasteiger partial charge in [0.15, 0.2) is 17.1 Å². The van der Waals surface area contributed by atoms with Crippen molar-refractivity contribution in [2.45, 2.75) is 55.8 Å². The first-order valence-electron chi connectivity index (χ1n) is 26.1. The van der Waals surface area contributed by atoms with Crippen molar-refractivity contribution in [3.63, 3.8) is 0 Å². The standard InChI is InChI=1S/C41H40F5N3O3S/c1-27-6-15-36-34(22-27)37(50)23-39(53-26-31-4-3-5-35(42)40(31)43)49(36)25-38(51)48(33-16-18-47(19-17-33)20-21-52-2)24-28-7-9-29(10-8-28)30-11-13-32(14-12-30)41(44,45)46/h3-15,22-23,33H,16-21,24-26H2,1-2H3/i3D,4D,5D,6D,7D,8D,9D,10D,11D,12D,13D,14D,15D,20D2,22D,23D,25D2,26D2. The molecule has 1 aromatic heterocycles. The second kappa shape index (κ2) is 16.7. The molecule has 0 N–H and O–H groups in total. The fourth-order valence-electron chi connectivity index (χ4n) is 5.17. The molecule has 0 saturated carbocycles. The van der Waals surface area contributed by atoms with Gasteiger partial charge in [-0.1, -0.05) is 59.9 Å². The van der Waals surface area contributed by atoms with Crippen molar-refractivity contribution in [3.8, 4) is 11.1 Å². The molecule has 6 nitrogen and oxygen atoms in total. The summed E-state index contributed by atoms with van der Waals surface area (Å²) in [7, 11) is 1.22. The van der Waals surface area contributed by atoms with Gasteiger partial charge >= 0.3 is 6.18 Å². The van der Waals surface area contributed by atoms with E-state index in [-0.39, 0.29) is 36.1 Å². The second-order valence-electron chi connectivity index (χ2n) is 11.4. The van der Waals surface area contributed by atoms with Gasteiger partial charge in [-0.3, -0.25) is 9.59 Å². The molecular formula is C41H40F5N3O3S. The highest BCUT2D eigenvalue weighted by atomic mass is 32.2. The number of carbonyl (C=O) groups excluding carboxylic acids is 1. The molecule has 0 spiro atoms. The van der Waals surface area contributed by atoms with E-state index < -0.39 is 213 Å². The number of piperidine rings is 1. The lowest BCUT2D eigenvalue weighted by atomic mass is 10.00. The maximum atomic E-state index is 15.6. The summed E-state index contributed by atoms with van der Waals surface area (Å²) in [5.74, 6) is -6.10. The number of fused-ring (bicyclic) bond motifs is 1. The summed E-state index contributed by atoms with van der Waals surface area (Å²) in [5, 5.41) is -2.27. The first-order chi connectivity index (χ1) is 33.9. The van der Waals surface area contributed by atoms with Gasteiger partial charge in [-0.15, -0.1) is 11.8 Å². The number of rotatable bonds is 12. The molecule has 0 aliphatic carbocycles. The molecule has 6 rings (SSSR count). The Morgan fingerprint density at radius 2 is 1.66 bits per heavy atom. The lowest BCUT2D eigenvalue weighted by Gasteiger charge is -2.39. The van der Waals surface area contributed by atoms with Crippen molar-refractivity contribution in [2.24, 2.45) is 0 Å². The molecule has 0 radical (unpaired) electrons. The predicted molar refractivity (Wildman–Crippen MR) is 198 cm³/mol. The molecule has 0 bridgehead atoms. The molecule has 1 aliphatic heterocycles. The molecular weight excluding hydrogens is 710 g/mol. The van der Waals surface area contributed by atoms with Crippen LogP contribution in [0.15, 0.2) is 100 Å². The van der Waals surface area contributed by atoms with Crippen LogP contribution in [-0.2, 0) is 34.5 Å². The van der Waals surface area contributed by atoms with Crippen molar-refractivity contribution >= 4 is 28.6 Å². The summed E-state index contributed by atoms with van der Waals surface area (Å²) in [4.78, 5) is 31.4. The van der Waals surface area contributed by atoms with E-state index in [9.17, 15) is 25.1 Å². The van der Waals surface area contributed by atoms with Crippen LogP contribution < -0.4 is 5.43 Å². The third kappa shape index (κ3) is 9.17. The van der Waals surface area contributed by atoms with E-state index in [1.165, 1.54) is 12.0 Å². The van der Waals surface area contributed by atoms with Crippen molar-refractivity contribution in [3.05, 3.63) is 135 Å². The van der Waals surface area contributed by atoms with Crippen LogP contribution in [-0.4, -0.2) is 59.6 Å². The Balaban J connectivity index is 1.64. The topological polar surface area (TPSA) is 54.8 Å². The van der Waals surface area contributed by atoms with Crippen molar-refractivity contribution < 1.29 is 60.3 Å². The molecule has 12 heteroatoms. The minimum Gasteiger partial charge on any atom is -0.383 e. The van der Waals surface area contributed by atoms with Crippen LogP contribution in [0.4, 0.5) is 22.0 Å². The first kappa shape index (κ1) is 19.7. The Morgan fingerprint density at radius 1 is 0.981 bits per heavy atom. The molecule has 53 heavy (non-hydrogen) atoms. The third-order valence-corrected chi connectivity index (χ3v) is 8.57. The lowest BCUT2D eigenvalue weighted by molar-refractivity contribution is -0.137. The highest BCUT2D eigenvalue weighted by Gasteiger charge is 2.31. The molecule has 1 fully saturated rings. The number of ether oxygens (including phenoxy) is 1. The normalized spacial score (nSPS) is 20.6. The Morgan fingerprint density at radius 3 is 2.32 bits per heavy atom. The van der Waals surface area contributed by atoms with Crippen LogP contribution in [0.1, 0.15) is 63.9 Å². The minimum absolute atomic E-state index is 0.0671. The number of nitrogens with zero attached hydrogens (tertiary/aromatic N) is 3. The van der Waals surface area contributed by atoms with Gasteiger partial charge in [-0.25, -0.2) is 8.78 Å². The van der Waals surface area contributed by atoms with Crippen molar-refractivity contribution in [1.29, 1.82) is 0 Å². The highest BCUT2D eigenvalue weighted by molar-refractivity contribution is 7.98. The quantitative estimate of drug-likeness (QED) is 0.0940. The predicted octanol–water partition coefficient (Wildman–Crippen LogP) is 8.71. The summed E-state index contributed by atoms with van der Waals surface area (Å²) in [6.45, 7) is -7.05. The van der Waals surface area contributed by atoms with Gasteiger partial charge in [0.2, 0.25) is 5.91 Å². The smallest absolute Gasteiger partial charge is 0.383 e. The molecule has 1 aliphatic rings. The maximum absolute atomic E-state index is 15.6. The van der Waals surface area contributed by atoms with Crippen molar-refractivity contribution in [2.75, 3.05) is 33.3 Å². The number of pyridine rings is 1. The molecule has 2 heterocycles. The molecule has 1 saturated heterocycles. The SMILES string of the molecule is [2H]c1c([2H])c(F)c(F)c(C([2H])([2H])Sc2c([2H])c(=O)c3c([2H])c(C)c([2H])c([2H])c3n2C([2H])([2H])C(=O)N(Cc2c([2H])c([2H])c(-c3c([2H])c([2H])c(C(F)(F)F)c([2H])c3[2H])c([2H])c2[2H])C2CCN(C([2H])([2H])COC)CC2)c1[2H]. The van der Waals surface area contributed by atoms with Gasteiger partial charge in [0.1, 0.15) is 6.50 Å². The second-order valence-corrected chi connectivity index (χ2v) is 12.2. The highest BCUT2D eigenvalue weighted by Crippen LogP contribution is 2.32. The van der Waals surface area contributed by atoms with Crippen molar-refractivity contribution in [1.82, 2.24) is 14.4 Å². The fraction of sp³-hybridized carbons (Fsp3) is 0.317. The van der Waals surface area contributed by atoms with Gasteiger partial charge in [-0.2, -0.15) is 13.2 Å². The Kier molecular flexibility index (Phi) is 6.19. The minimum atomic E-state index is -5.41. The van der Waals surface area contributed by atoms with Gasteiger partial charge in [0, 0.05) is 67.5 Å². The van der Waals surface area contributed by atoms with Gasteiger partial charge in [0.25, 0.3) is 0 Å². The number of methoxy groups -OCH3 is 1. The number of carbonyl (C=O) groups is 1. The molecule has 0 unspecified atom stereocenters. The molecule has 1 amide bonds. The number of amides is 1. The molecule has 4 aromatic carbocycles. The Bertz CT molecular complexity index is 3160. The number of thioether (sulfide) groups is 1. The number of halogens is 5. The number of alkyl halides is 3. The number of likely N-dealkylation sites (tertiary alicyclic amines) is 1. The third-order valence-electron chi connectivity index (χ3n) is 7.78. The zero-order chi connectivity index (χ0) is 56.1. The fourth-order valence-corrected chi connectivity index (χ4v) is 5.88. The van der Waals surface area contributed by atoms with E-state index in [1.54, 1.807) is 0 Å². The van der Waals surface area contributed by atoms with Gasteiger partial charge < -0.3 is 19.1 Å². The van der Waals surface area contributed by atoms with E-state index >= 15 is 9.18 Å². The van der Waals surface area contributed by atoms with Gasteiger partial charge in [-0.05, 0) is 66.7 Å². The zero-order valence-corrected chi connectivity index (χ0v) is 28.5. The first-order valence-corrected chi connectivity index (χ1v) is 16.4. The van der Waals surface area contributed by atoms with E-state index in [0.717, 1.165) is 6.92 Å². The van der Waals surface area contributed by atoms with Gasteiger partial charge in [0.05, 0.1) is 46.0 Å². The number of benzene rings is 4. The maximum Gasteiger partial charge on any atom is 0.416 e. The van der Waals surface area contributed by atoms with Crippen LogP contribution in [0, 0.1) is 18.6 Å². The molecule has 278 valence electrons. The molecule has 5 aromatic rings. The van der Waals surface area contributed by atoms with Crippen LogP contribution in [0.5, 0.6) is 0 Å².